The number of carboxylic acids is 1. The summed E-state index contributed by atoms with van der Waals surface area (Å²) in [7, 11) is 0. The van der Waals surface area contributed by atoms with E-state index in [1.807, 2.05) is 0 Å². The van der Waals surface area contributed by atoms with E-state index in [9.17, 15) is 4.79 Å². The van der Waals surface area contributed by atoms with Gasteiger partial charge in [-0.1, -0.05) is 11.6 Å². The maximum absolute atomic E-state index is 10.3. The molecule has 0 unspecified atom stereocenters. The summed E-state index contributed by atoms with van der Waals surface area (Å²) in [5.41, 5.74) is 5.59. The van der Waals surface area contributed by atoms with Gasteiger partial charge in [-0.25, -0.2) is 9.97 Å². The van der Waals surface area contributed by atoms with Crippen molar-refractivity contribution in [2.45, 2.75) is 6.42 Å². The number of carboxylic acid groups (broad SMARTS) is 1. The van der Waals surface area contributed by atoms with Crippen LogP contribution in [0.15, 0.2) is 4.60 Å². The maximum atomic E-state index is 10.3. The van der Waals surface area contributed by atoms with Crippen LogP contribution >= 0.6 is 27.5 Å². The molecule has 0 amide bonds. The van der Waals surface area contributed by atoms with Crippen molar-refractivity contribution in [2.24, 2.45) is 0 Å². The number of aliphatic carboxylic acids is 1. The zero-order valence-electron chi connectivity index (χ0n) is 6.29. The Morgan fingerprint density at radius 3 is 2.77 bits per heavy atom. The highest BCUT2D eigenvalue weighted by Crippen LogP contribution is 2.20. The number of nitrogens with two attached hydrogens (primary N) is 1. The van der Waals surface area contributed by atoms with Crippen LogP contribution in [0.1, 0.15) is 5.69 Å². The van der Waals surface area contributed by atoms with E-state index in [4.69, 9.17) is 22.4 Å². The van der Waals surface area contributed by atoms with Crippen LogP contribution in [0.3, 0.4) is 0 Å². The number of rotatable bonds is 2. The zero-order valence-corrected chi connectivity index (χ0v) is 8.63. The third-order valence-electron chi connectivity index (χ3n) is 1.24. The summed E-state index contributed by atoms with van der Waals surface area (Å²) in [6, 6.07) is 0. The van der Waals surface area contributed by atoms with Gasteiger partial charge in [-0.2, -0.15) is 0 Å². The molecule has 70 valence electrons. The van der Waals surface area contributed by atoms with Crippen LogP contribution in [-0.4, -0.2) is 21.0 Å². The first-order valence-electron chi connectivity index (χ1n) is 3.20. The molecule has 1 aromatic rings. The van der Waals surface area contributed by atoms with Gasteiger partial charge in [-0.15, -0.1) is 0 Å². The van der Waals surface area contributed by atoms with Crippen molar-refractivity contribution in [3.8, 4) is 0 Å². The van der Waals surface area contributed by atoms with Crippen LogP contribution in [0.4, 0.5) is 5.82 Å². The Hall–Kier alpha value is -0.880. The molecule has 0 aliphatic carbocycles. The van der Waals surface area contributed by atoms with Crippen LogP contribution in [-0.2, 0) is 11.2 Å². The predicted molar refractivity (Wildman–Crippen MR) is 50.5 cm³/mol. The van der Waals surface area contributed by atoms with Gasteiger partial charge in [0.05, 0.1) is 12.1 Å². The molecule has 1 rings (SSSR count). The number of halogens is 2. The van der Waals surface area contributed by atoms with E-state index in [1.165, 1.54) is 0 Å². The summed E-state index contributed by atoms with van der Waals surface area (Å²) in [4.78, 5) is 17.9. The third-order valence-corrected chi connectivity index (χ3v) is 2.28. The largest absolute Gasteiger partial charge is 0.481 e. The van der Waals surface area contributed by atoms with Crippen LogP contribution < -0.4 is 5.73 Å². The first kappa shape index (κ1) is 10.2. The lowest BCUT2D eigenvalue weighted by Crippen LogP contribution is -2.08. The molecule has 0 aromatic carbocycles. The Labute approximate surface area is 87.1 Å². The molecule has 0 aliphatic rings. The molecule has 5 nitrogen and oxygen atoms in total. The fourth-order valence-electron chi connectivity index (χ4n) is 0.712. The lowest BCUT2D eigenvalue weighted by molar-refractivity contribution is -0.136. The molecule has 0 bridgehead atoms. The minimum Gasteiger partial charge on any atom is -0.481 e. The molecule has 7 heteroatoms. The SMILES string of the molecule is Nc1nc(Cl)c(Br)nc1CC(=O)O. The molecule has 0 spiro atoms. The first-order chi connectivity index (χ1) is 6.00. The van der Waals surface area contributed by atoms with Crippen molar-refractivity contribution < 1.29 is 9.90 Å². The summed E-state index contributed by atoms with van der Waals surface area (Å²) >= 11 is 8.59. The van der Waals surface area contributed by atoms with Crippen LogP contribution in [0, 0.1) is 0 Å². The second-order valence-corrected chi connectivity index (χ2v) is 3.32. The Bertz CT molecular complexity index is 358. The standard InChI is InChI=1S/C6H5BrClN3O2/c7-4-5(8)11-6(9)2(10-4)1-3(12)13/h1H2,(H2,9,11)(H,12,13). The fourth-order valence-corrected chi connectivity index (χ4v) is 1.15. The van der Waals surface area contributed by atoms with E-state index < -0.39 is 5.97 Å². The first-order valence-corrected chi connectivity index (χ1v) is 4.37. The average molecular weight is 266 g/mol. The van der Waals surface area contributed by atoms with Crippen molar-refractivity contribution in [2.75, 3.05) is 5.73 Å². The number of aromatic nitrogens is 2. The molecular weight excluding hydrogens is 261 g/mol. The van der Waals surface area contributed by atoms with Crippen molar-refractivity contribution >= 4 is 39.3 Å². The minimum absolute atomic E-state index is 0.0376. The molecule has 0 saturated heterocycles. The molecule has 1 aromatic heterocycles. The monoisotopic (exact) mass is 265 g/mol. The highest BCUT2D eigenvalue weighted by Gasteiger charge is 2.11. The van der Waals surface area contributed by atoms with Crippen molar-refractivity contribution in [3.63, 3.8) is 0 Å². The van der Waals surface area contributed by atoms with E-state index in [1.54, 1.807) is 0 Å². The second kappa shape index (κ2) is 3.89. The van der Waals surface area contributed by atoms with E-state index >= 15 is 0 Å². The van der Waals surface area contributed by atoms with E-state index in [-0.39, 0.29) is 23.1 Å². The van der Waals surface area contributed by atoms with Gasteiger partial charge < -0.3 is 10.8 Å². The van der Waals surface area contributed by atoms with Gasteiger partial charge >= 0.3 is 5.97 Å². The highest BCUT2D eigenvalue weighted by atomic mass is 79.9. The van der Waals surface area contributed by atoms with Gasteiger partial charge in [-0.3, -0.25) is 4.79 Å². The zero-order chi connectivity index (χ0) is 10.0. The van der Waals surface area contributed by atoms with Gasteiger partial charge in [0, 0.05) is 0 Å². The Morgan fingerprint density at radius 2 is 2.23 bits per heavy atom. The Balaban J connectivity index is 3.08. The summed E-state index contributed by atoms with van der Waals surface area (Å²) in [5, 5.41) is 8.60. The molecule has 0 fully saturated rings. The van der Waals surface area contributed by atoms with E-state index in [0.29, 0.717) is 4.60 Å². The molecule has 0 saturated carbocycles. The van der Waals surface area contributed by atoms with Crippen LogP contribution in [0.5, 0.6) is 0 Å². The minimum atomic E-state index is -1.02. The normalized spacial score (nSPS) is 10.0. The summed E-state index contributed by atoms with van der Waals surface area (Å²) in [6.07, 6.45) is -0.269. The number of hydrogen-bond donors (Lipinski definition) is 2. The number of nitrogens with zero attached hydrogens (tertiary/aromatic N) is 2. The molecule has 0 radical (unpaired) electrons. The predicted octanol–water partition coefficient (Wildman–Crippen LogP) is 1.10. The fraction of sp³-hybridized carbons (Fsp3) is 0.167. The van der Waals surface area contributed by atoms with Crippen molar-refractivity contribution in [1.82, 2.24) is 9.97 Å². The molecule has 3 N–H and O–H groups in total. The van der Waals surface area contributed by atoms with Crippen molar-refractivity contribution in [1.29, 1.82) is 0 Å². The third kappa shape index (κ3) is 2.53. The Kier molecular flexibility index (Phi) is 3.05. The number of nitrogen functional groups attached to an aromatic ring is 1. The van der Waals surface area contributed by atoms with E-state index in [2.05, 4.69) is 25.9 Å². The molecule has 0 aliphatic heterocycles. The molecule has 1 heterocycles. The average Bonchev–Trinajstić information content (AvgIpc) is 1.99. The second-order valence-electron chi connectivity index (χ2n) is 2.21. The van der Waals surface area contributed by atoms with E-state index in [0.717, 1.165) is 0 Å². The van der Waals surface area contributed by atoms with Crippen molar-refractivity contribution in [3.05, 3.63) is 15.5 Å². The van der Waals surface area contributed by atoms with Gasteiger partial charge in [0.15, 0.2) is 5.15 Å². The summed E-state index contributed by atoms with van der Waals surface area (Å²) in [5.74, 6) is -0.981. The summed E-state index contributed by atoms with van der Waals surface area (Å²) in [6.45, 7) is 0. The van der Waals surface area contributed by atoms with Gasteiger partial charge in [0.2, 0.25) is 0 Å². The molecule has 0 atom stereocenters. The quantitative estimate of drug-likeness (QED) is 0.837. The lowest BCUT2D eigenvalue weighted by atomic mass is 10.3. The maximum Gasteiger partial charge on any atom is 0.309 e. The highest BCUT2D eigenvalue weighted by molar-refractivity contribution is 9.10. The number of carbonyl (C=O) groups is 1. The lowest BCUT2D eigenvalue weighted by Gasteiger charge is -2.02. The Morgan fingerprint density at radius 1 is 1.62 bits per heavy atom. The topological polar surface area (TPSA) is 89.1 Å². The van der Waals surface area contributed by atoms with Crippen LogP contribution in [0.25, 0.3) is 0 Å². The van der Waals surface area contributed by atoms with Crippen LogP contribution in [0.2, 0.25) is 5.15 Å². The summed E-state index contributed by atoms with van der Waals surface area (Å²) < 4.78 is 0.291. The van der Waals surface area contributed by atoms with Gasteiger partial charge in [0.25, 0.3) is 0 Å². The smallest absolute Gasteiger partial charge is 0.309 e. The number of hydrogen-bond acceptors (Lipinski definition) is 4. The van der Waals surface area contributed by atoms with Gasteiger partial charge in [0.1, 0.15) is 10.4 Å². The molecular formula is C6H5BrClN3O2. The van der Waals surface area contributed by atoms with Gasteiger partial charge in [-0.05, 0) is 15.9 Å². The number of anilines is 1. The molecule has 13 heavy (non-hydrogen) atoms.